The molecule has 2 N–H and O–H groups in total. The molecule has 0 saturated carbocycles. The van der Waals surface area contributed by atoms with E-state index in [-0.39, 0.29) is 18.6 Å². The summed E-state index contributed by atoms with van der Waals surface area (Å²) in [5.41, 5.74) is 6.29. The van der Waals surface area contributed by atoms with E-state index in [0.717, 1.165) is 91.1 Å². The van der Waals surface area contributed by atoms with Gasteiger partial charge in [0.15, 0.2) is 0 Å². The van der Waals surface area contributed by atoms with Crippen LogP contribution in [0.2, 0.25) is 5.02 Å². The Morgan fingerprint density at radius 2 is 1.90 bits per heavy atom. The third-order valence-corrected chi connectivity index (χ3v) is 10.3. The molecule has 2 fully saturated rings. The monoisotopic (exact) mass is 707 g/mol. The molecule has 5 heterocycles. The molecule has 3 aromatic heterocycles. The second kappa shape index (κ2) is 14.4. The highest BCUT2D eigenvalue weighted by molar-refractivity contribution is 6.30. The van der Waals surface area contributed by atoms with E-state index in [1.165, 1.54) is 6.07 Å². The lowest BCUT2D eigenvalue weighted by molar-refractivity contribution is -0.0564. The first kappa shape index (κ1) is 33.3. The number of benzene rings is 3. The van der Waals surface area contributed by atoms with Gasteiger partial charge in [-0.3, -0.25) is 14.8 Å². The number of amides is 1. The number of carbonyl (C=O) groups excluding carboxylic acids is 1. The minimum absolute atomic E-state index is 0.0831. The first-order chi connectivity index (χ1) is 24.9. The molecule has 0 unspecified atom stereocenters. The molecule has 0 spiro atoms. The number of rotatable bonds is 11. The molecule has 1 atom stereocenters. The lowest BCUT2D eigenvalue weighted by atomic mass is 9.93. The van der Waals surface area contributed by atoms with Crippen LogP contribution in [0.25, 0.3) is 21.9 Å². The van der Waals surface area contributed by atoms with Crippen LogP contribution in [0.3, 0.4) is 0 Å². The average Bonchev–Trinajstić information content (AvgIpc) is 3.66. The molecule has 10 nitrogen and oxygen atoms in total. The Balaban J connectivity index is 0.938. The van der Waals surface area contributed by atoms with E-state index < -0.39 is 5.82 Å². The molecule has 1 amide bonds. The normalized spacial score (nSPS) is 16.8. The van der Waals surface area contributed by atoms with Crippen molar-refractivity contribution >= 4 is 45.1 Å². The maximum atomic E-state index is 14.2. The Hall–Kier alpha value is -4.84. The van der Waals surface area contributed by atoms with E-state index in [9.17, 15) is 9.18 Å². The molecule has 0 bridgehead atoms. The van der Waals surface area contributed by atoms with Gasteiger partial charge in [0.05, 0.1) is 29.2 Å². The lowest BCUT2D eigenvalue weighted by Crippen LogP contribution is -2.34. The molecular weight excluding hydrogens is 669 g/mol. The van der Waals surface area contributed by atoms with Crippen LogP contribution in [0.5, 0.6) is 5.88 Å². The number of fused-ring (bicyclic) bond motifs is 2. The third kappa shape index (κ3) is 7.33. The highest BCUT2D eigenvalue weighted by atomic mass is 35.5. The van der Waals surface area contributed by atoms with Crippen LogP contribution in [0.1, 0.15) is 64.7 Å². The molecule has 2 aliphatic heterocycles. The van der Waals surface area contributed by atoms with Crippen molar-refractivity contribution in [1.82, 2.24) is 29.6 Å². The maximum Gasteiger partial charge on any atom is 0.255 e. The Kier molecular flexibility index (Phi) is 9.42. The summed E-state index contributed by atoms with van der Waals surface area (Å²) < 4.78 is 28.1. The number of nitrogens with zero attached hydrogens (tertiary/aromatic N) is 5. The Morgan fingerprint density at radius 1 is 1.04 bits per heavy atom. The number of hydrogen-bond acceptors (Lipinski definition) is 7. The van der Waals surface area contributed by atoms with Gasteiger partial charge < -0.3 is 19.4 Å². The molecule has 2 aliphatic rings. The second-order valence-electron chi connectivity index (χ2n) is 13.5. The van der Waals surface area contributed by atoms with E-state index in [2.05, 4.69) is 25.0 Å². The predicted molar refractivity (Wildman–Crippen MR) is 195 cm³/mol. The molecular formula is C39H39ClFN7O3. The lowest BCUT2D eigenvalue weighted by Gasteiger charge is -2.32. The van der Waals surface area contributed by atoms with E-state index in [0.29, 0.717) is 40.2 Å². The predicted octanol–water partition coefficient (Wildman–Crippen LogP) is 7.80. The summed E-state index contributed by atoms with van der Waals surface area (Å²) in [7, 11) is 0. The van der Waals surface area contributed by atoms with Crippen molar-refractivity contribution < 1.29 is 18.7 Å². The molecule has 6 aromatic rings. The van der Waals surface area contributed by atoms with Crippen LogP contribution in [0, 0.1) is 12.7 Å². The van der Waals surface area contributed by atoms with Gasteiger partial charge in [-0.15, -0.1) is 0 Å². The molecule has 12 heteroatoms. The van der Waals surface area contributed by atoms with Gasteiger partial charge in [-0.1, -0.05) is 23.7 Å². The van der Waals surface area contributed by atoms with Crippen molar-refractivity contribution in [2.75, 3.05) is 25.0 Å². The van der Waals surface area contributed by atoms with Crippen LogP contribution in [-0.4, -0.2) is 61.3 Å². The Labute approximate surface area is 299 Å². The van der Waals surface area contributed by atoms with Gasteiger partial charge in [0.2, 0.25) is 5.88 Å². The molecule has 0 aliphatic carbocycles. The second-order valence-corrected chi connectivity index (χ2v) is 13.9. The number of aryl methyl sites for hydroxylation is 2. The topological polar surface area (TPSA) is 110 Å². The number of H-pyrrole nitrogens is 1. The van der Waals surface area contributed by atoms with Gasteiger partial charge in [0.1, 0.15) is 18.2 Å². The summed E-state index contributed by atoms with van der Waals surface area (Å²) in [5.74, 6) is 1.18. The number of nitrogens with one attached hydrogen (secondary N) is 2. The molecule has 2 saturated heterocycles. The number of piperidine rings is 1. The number of anilines is 1. The number of likely N-dealkylation sites (tertiary alicyclic amines) is 1. The molecule has 262 valence electrons. The van der Waals surface area contributed by atoms with Crippen molar-refractivity contribution in [1.29, 1.82) is 0 Å². The zero-order chi connectivity index (χ0) is 34.9. The van der Waals surface area contributed by atoms with E-state index in [1.807, 2.05) is 55.5 Å². The van der Waals surface area contributed by atoms with Gasteiger partial charge in [-0.25, -0.2) is 14.4 Å². The van der Waals surface area contributed by atoms with Gasteiger partial charge >= 0.3 is 0 Å². The number of halogens is 2. The van der Waals surface area contributed by atoms with Crippen molar-refractivity contribution in [3.63, 3.8) is 0 Å². The van der Waals surface area contributed by atoms with Gasteiger partial charge in [-0.2, -0.15) is 5.10 Å². The number of carbonyl (C=O) groups is 1. The standard InChI is InChI=1S/C39H39ClFN7O3/c1-24-31-9-8-29(21-34(31)46-45-24)42-39(49)26-6-10-36-35(19-26)43-37(48(36)17-13-30-14-18-50-30)22-47-15-11-25(12-16-47)33-3-2-4-38(44-33)51-23-27-5-7-28(40)20-32(27)41/h2-10,19-21,25,30H,11-18,22-23H2,1H3,(H,42,49)(H,45,46)/t30-/m1/s1. The van der Waals surface area contributed by atoms with Gasteiger partial charge in [0, 0.05) is 63.7 Å². The fourth-order valence-corrected chi connectivity index (χ4v) is 7.18. The molecule has 8 rings (SSSR count). The first-order valence-electron chi connectivity index (χ1n) is 17.5. The van der Waals surface area contributed by atoms with Crippen molar-refractivity contribution in [2.24, 2.45) is 0 Å². The first-order valence-corrected chi connectivity index (χ1v) is 17.9. The largest absolute Gasteiger partial charge is 0.473 e. The number of aromatic amines is 1. The average molecular weight is 708 g/mol. The van der Waals surface area contributed by atoms with Crippen LogP contribution < -0.4 is 10.1 Å². The van der Waals surface area contributed by atoms with Crippen molar-refractivity contribution in [3.05, 3.63) is 112 Å². The van der Waals surface area contributed by atoms with Crippen LogP contribution in [-0.2, 0) is 24.4 Å². The fraction of sp³-hybridized carbons (Fsp3) is 0.333. The molecule has 0 radical (unpaired) electrons. The minimum atomic E-state index is -0.392. The molecule has 3 aromatic carbocycles. The summed E-state index contributed by atoms with van der Waals surface area (Å²) in [6.07, 6.45) is 4.19. The number of pyridine rings is 1. The van der Waals surface area contributed by atoms with Crippen molar-refractivity contribution in [3.8, 4) is 5.88 Å². The van der Waals surface area contributed by atoms with E-state index in [4.69, 9.17) is 31.0 Å². The summed E-state index contributed by atoms with van der Waals surface area (Å²) in [6, 6.07) is 21.9. The summed E-state index contributed by atoms with van der Waals surface area (Å²) in [4.78, 5) is 25.6. The number of imidazole rings is 1. The van der Waals surface area contributed by atoms with Crippen LogP contribution >= 0.6 is 11.6 Å². The molecule has 51 heavy (non-hydrogen) atoms. The number of ether oxygens (including phenoxy) is 2. The third-order valence-electron chi connectivity index (χ3n) is 10.1. The quantitative estimate of drug-likeness (QED) is 0.141. The maximum absolute atomic E-state index is 14.2. The zero-order valence-corrected chi connectivity index (χ0v) is 29.1. The van der Waals surface area contributed by atoms with Gasteiger partial charge in [-0.05, 0) is 100 Å². The Bertz CT molecular complexity index is 2210. The Morgan fingerprint density at radius 3 is 2.71 bits per heavy atom. The number of hydrogen-bond donors (Lipinski definition) is 2. The van der Waals surface area contributed by atoms with E-state index >= 15 is 0 Å². The highest BCUT2D eigenvalue weighted by Crippen LogP contribution is 2.30. The summed E-state index contributed by atoms with van der Waals surface area (Å²) in [5, 5.41) is 11.7. The van der Waals surface area contributed by atoms with Crippen LogP contribution in [0.15, 0.2) is 72.8 Å². The summed E-state index contributed by atoms with van der Waals surface area (Å²) >= 11 is 5.89. The fourth-order valence-electron chi connectivity index (χ4n) is 7.02. The zero-order valence-electron chi connectivity index (χ0n) is 28.4. The highest BCUT2D eigenvalue weighted by Gasteiger charge is 2.25. The summed E-state index contributed by atoms with van der Waals surface area (Å²) in [6.45, 7) is 6.19. The van der Waals surface area contributed by atoms with Crippen LogP contribution in [0.4, 0.5) is 10.1 Å². The smallest absolute Gasteiger partial charge is 0.255 e. The number of aromatic nitrogens is 5. The van der Waals surface area contributed by atoms with Gasteiger partial charge in [0.25, 0.3) is 5.91 Å². The SMILES string of the molecule is Cc1[nH]nc2cc(NC(=O)c3ccc4c(c3)nc(CN3CCC(c5cccc(OCc6ccc(Cl)cc6F)n5)CC3)n4CC[C@@H]3CCO3)ccc12. The minimum Gasteiger partial charge on any atom is -0.473 e. The van der Waals surface area contributed by atoms with Crippen molar-refractivity contribution in [2.45, 2.75) is 64.3 Å². The van der Waals surface area contributed by atoms with E-state index in [1.54, 1.807) is 18.2 Å².